The van der Waals surface area contributed by atoms with E-state index in [4.69, 9.17) is 0 Å². The van der Waals surface area contributed by atoms with Gasteiger partial charge < -0.3 is 9.72 Å². The molecule has 0 atom stereocenters. The monoisotopic (exact) mass is 419 g/mol. The van der Waals surface area contributed by atoms with E-state index in [1.807, 2.05) is 63.9 Å². The summed E-state index contributed by atoms with van der Waals surface area (Å²) in [6, 6.07) is 13.9. The van der Waals surface area contributed by atoms with E-state index < -0.39 is 0 Å². The van der Waals surface area contributed by atoms with Gasteiger partial charge in [-0.15, -0.1) is 0 Å². The molecule has 4 heterocycles. The minimum Gasteiger partial charge on any atom is -0.364 e. The topological polar surface area (TPSA) is 72.9 Å². The van der Waals surface area contributed by atoms with E-state index in [0.29, 0.717) is 6.54 Å². The molecule has 0 radical (unpaired) electrons. The maximum absolute atomic E-state index is 4.62. The van der Waals surface area contributed by atoms with Crippen LogP contribution in [0.1, 0.15) is 5.69 Å². The fraction of sp³-hybridized carbons (Fsp3) is 0.0526. The van der Waals surface area contributed by atoms with E-state index in [9.17, 15) is 0 Å². The first-order valence-electron chi connectivity index (χ1n) is 8.39. The van der Waals surface area contributed by atoms with Crippen LogP contribution in [0.25, 0.3) is 22.4 Å². The summed E-state index contributed by atoms with van der Waals surface area (Å²) in [5.74, 6) is 0.736. The van der Waals surface area contributed by atoms with Crippen LogP contribution in [0.3, 0.4) is 0 Å². The van der Waals surface area contributed by atoms with E-state index in [-0.39, 0.29) is 0 Å². The Bertz CT molecular complexity index is 1240. The predicted octanol–water partition coefficient (Wildman–Crippen LogP) is 3.84. The van der Waals surface area contributed by atoms with Crippen LogP contribution in [-0.2, 0) is 6.54 Å². The molecule has 1 aromatic carbocycles. The number of pyridine rings is 1. The summed E-state index contributed by atoms with van der Waals surface area (Å²) in [5.41, 5.74) is 3.55. The number of imidazole rings is 1. The van der Waals surface area contributed by atoms with Crippen molar-refractivity contribution >= 4 is 38.4 Å². The zero-order valence-corrected chi connectivity index (χ0v) is 15.7. The fourth-order valence-electron chi connectivity index (χ4n) is 3.02. The largest absolute Gasteiger partial charge is 0.364 e. The molecule has 0 amide bonds. The van der Waals surface area contributed by atoms with Gasteiger partial charge in [-0.1, -0.05) is 18.2 Å². The summed E-state index contributed by atoms with van der Waals surface area (Å²) < 4.78 is 4.81. The first-order valence-corrected chi connectivity index (χ1v) is 9.18. The molecule has 5 rings (SSSR count). The average molecular weight is 420 g/mol. The summed E-state index contributed by atoms with van der Waals surface area (Å²) >= 11 is 3.48. The summed E-state index contributed by atoms with van der Waals surface area (Å²) in [6.45, 7) is 0.557. The molecule has 8 heteroatoms. The number of nitrogens with zero attached hydrogens (tertiary/aromatic N) is 6. The lowest BCUT2D eigenvalue weighted by atomic mass is 10.3. The molecular weight excluding hydrogens is 406 g/mol. The molecule has 0 fully saturated rings. The van der Waals surface area contributed by atoms with Crippen LogP contribution < -0.4 is 5.32 Å². The van der Waals surface area contributed by atoms with Crippen molar-refractivity contribution in [2.75, 3.05) is 5.32 Å². The predicted molar refractivity (Wildman–Crippen MR) is 107 cm³/mol. The molecule has 0 aliphatic rings. The van der Waals surface area contributed by atoms with Crippen LogP contribution in [-0.4, -0.2) is 29.1 Å². The van der Waals surface area contributed by atoms with Crippen molar-refractivity contribution in [1.29, 1.82) is 0 Å². The van der Waals surface area contributed by atoms with E-state index >= 15 is 0 Å². The minimum atomic E-state index is 0.557. The standard InChI is InChI=1S/C19H14BrN7/c20-13-6-7-17-25-14(11-26(17)10-13)8-21-18-16-9-24-27(19(16)23-12-22-18)15-4-2-1-3-5-15/h1-7,9-12H,8H2,(H,21,22,23). The molecule has 4 aromatic heterocycles. The van der Waals surface area contributed by atoms with Crippen LogP contribution in [0.15, 0.2) is 71.9 Å². The van der Waals surface area contributed by atoms with E-state index in [0.717, 1.165) is 38.4 Å². The van der Waals surface area contributed by atoms with Gasteiger partial charge in [0.1, 0.15) is 17.8 Å². The molecule has 0 saturated heterocycles. The van der Waals surface area contributed by atoms with E-state index in [1.165, 1.54) is 0 Å². The van der Waals surface area contributed by atoms with Crippen molar-refractivity contribution in [2.24, 2.45) is 0 Å². The summed E-state index contributed by atoms with van der Waals surface area (Å²) in [7, 11) is 0. The Morgan fingerprint density at radius 2 is 1.89 bits per heavy atom. The molecule has 0 saturated carbocycles. The number of benzene rings is 1. The molecular formula is C19H14BrN7. The lowest BCUT2D eigenvalue weighted by Gasteiger charge is -2.05. The highest BCUT2D eigenvalue weighted by atomic mass is 79.9. The highest BCUT2D eigenvalue weighted by Gasteiger charge is 2.11. The van der Waals surface area contributed by atoms with Gasteiger partial charge in [0, 0.05) is 16.9 Å². The van der Waals surface area contributed by atoms with Gasteiger partial charge in [0.2, 0.25) is 0 Å². The second kappa shape index (κ2) is 6.48. The Balaban J connectivity index is 1.45. The smallest absolute Gasteiger partial charge is 0.168 e. The Kier molecular flexibility index (Phi) is 3.83. The van der Waals surface area contributed by atoms with Crippen LogP contribution in [0.5, 0.6) is 0 Å². The molecule has 0 unspecified atom stereocenters. The van der Waals surface area contributed by atoms with Crippen LogP contribution >= 0.6 is 15.9 Å². The average Bonchev–Trinajstić information content (AvgIpc) is 3.30. The van der Waals surface area contributed by atoms with Gasteiger partial charge in [-0.2, -0.15) is 5.10 Å². The van der Waals surface area contributed by atoms with E-state index in [1.54, 1.807) is 12.5 Å². The number of rotatable bonds is 4. The van der Waals surface area contributed by atoms with Crippen LogP contribution in [0.2, 0.25) is 0 Å². The Morgan fingerprint density at radius 1 is 1.00 bits per heavy atom. The lowest BCUT2D eigenvalue weighted by molar-refractivity contribution is 0.895. The fourth-order valence-corrected chi connectivity index (χ4v) is 3.37. The summed E-state index contributed by atoms with van der Waals surface area (Å²) in [6.07, 6.45) is 7.31. The van der Waals surface area contributed by atoms with Crippen molar-refractivity contribution in [2.45, 2.75) is 6.54 Å². The first kappa shape index (κ1) is 16.0. The number of hydrogen-bond donors (Lipinski definition) is 1. The molecule has 0 bridgehead atoms. The molecule has 0 aliphatic carbocycles. The number of halogens is 1. The SMILES string of the molecule is Brc1ccc2nc(CNc3ncnc4c3cnn4-c3ccccc3)cn2c1. The number of para-hydroxylation sites is 1. The third kappa shape index (κ3) is 2.93. The van der Waals surface area contributed by atoms with Gasteiger partial charge in [0.05, 0.1) is 29.5 Å². The van der Waals surface area contributed by atoms with Crippen molar-refractivity contribution < 1.29 is 0 Å². The number of anilines is 1. The van der Waals surface area contributed by atoms with Gasteiger partial charge in [-0.25, -0.2) is 19.6 Å². The molecule has 7 nitrogen and oxygen atoms in total. The number of nitrogens with one attached hydrogen (secondary N) is 1. The van der Waals surface area contributed by atoms with Gasteiger partial charge >= 0.3 is 0 Å². The third-order valence-corrected chi connectivity index (χ3v) is 4.74. The third-order valence-electron chi connectivity index (χ3n) is 4.27. The molecule has 5 aromatic rings. The molecule has 0 aliphatic heterocycles. The Morgan fingerprint density at radius 3 is 2.78 bits per heavy atom. The number of hydrogen-bond acceptors (Lipinski definition) is 5. The second-order valence-corrected chi connectivity index (χ2v) is 6.97. The highest BCUT2D eigenvalue weighted by Crippen LogP contribution is 2.22. The van der Waals surface area contributed by atoms with Gasteiger partial charge in [-0.3, -0.25) is 0 Å². The quantitative estimate of drug-likeness (QED) is 0.479. The van der Waals surface area contributed by atoms with Crippen LogP contribution in [0.4, 0.5) is 5.82 Å². The second-order valence-electron chi connectivity index (χ2n) is 6.05. The van der Waals surface area contributed by atoms with Gasteiger partial charge in [0.15, 0.2) is 5.65 Å². The zero-order chi connectivity index (χ0) is 18.2. The Hall–Kier alpha value is -3.26. The molecule has 27 heavy (non-hydrogen) atoms. The van der Waals surface area contributed by atoms with Crippen LogP contribution in [0, 0.1) is 0 Å². The van der Waals surface area contributed by atoms with Crippen molar-refractivity contribution in [1.82, 2.24) is 29.1 Å². The highest BCUT2D eigenvalue weighted by molar-refractivity contribution is 9.10. The maximum Gasteiger partial charge on any atom is 0.168 e. The van der Waals surface area contributed by atoms with E-state index in [2.05, 4.69) is 41.3 Å². The molecule has 1 N–H and O–H groups in total. The summed E-state index contributed by atoms with van der Waals surface area (Å²) in [5, 5.41) is 8.70. The zero-order valence-electron chi connectivity index (χ0n) is 14.1. The van der Waals surface area contributed by atoms with Crippen molar-refractivity contribution in [3.05, 3.63) is 77.5 Å². The number of aromatic nitrogens is 6. The van der Waals surface area contributed by atoms with Crippen molar-refractivity contribution in [3.8, 4) is 5.69 Å². The van der Waals surface area contributed by atoms with Crippen molar-refractivity contribution in [3.63, 3.8) is 0 Å². The minimum absolute atomic E-state index is 0.557. The lowest BCUT2D eigenvalue weighted by Crippen LogP contribution is -2.03. The number of fused-ring (bicyclic) bond motifs is 2. The normalized spacial score (nSPS) is 11.3. The molecule has 132 valence electrons. The molecule has 0 spiro atoms. The van der Waals surface area contributed by atoms with Gasteiger partial charge in [0.25, 0.3) is 0 Å². The van der Waals surface area contributed by atoms with Gasteiger partial charge in [-0.05, 0) is 40.2 Å². The Labute approximate surface area is 162 Å². The summed E-state index contributed by atoms with van der Waals surface area (Å²) in [4.78, 5) is 13.4. The first-order chi connectivity index (χ1) is 13.3. The maximum atomic E-state index is 4.62.